The number of rotatable bonds is 5. The maximum atomic E-state index is 12.3. The first-order valence-corrected chi connectivity index (χ1v) is 8.38. The number of hydrogen-bond acceptors (Lipinski definition) is 3. The van der Waals surface area contributed by atoms with Gasteiger partial charge in [0.15, 0.2) is 0 Å². The highest BCUT2D eigenvalue weighted by atomic mass is 16.6. The molecule has 4 heteroatoms. The maximum Gasteiger partial charge on any atom is 0.423 e. The molecule has 0 saturated heterocycles. The van der Waals surface area contributed by atoms with Crippen LogP contribution in [0.5, 0.6) is 5.75 Å². The molecule has 1 aliphatic rings. The number of para-hydroxylation sites is 1. The van der Waals surface area contributed by atoms with Crippen molar-refractivity contribution >= 4 is 6.09 Å². The zero-order valence-corrected chi connectivity index (χ0v) is 14.2. The molecule has 1 amide bonds. The van der Waals surface area contributed by atoms with Crippen LogP contribution in [0.2, 0.25) is 0 Å². The van der Waals surface area contributed by atoms with Crippen LogP contribution in [0.25, 0.3) is 0 Å². The summed E-state index contributed by atoms with van der Waals surface area (Å²) >= 11 is 0. The predicted octanol–water partition coefficient (Wildman–Crippen LogP) is 5.10. The second-order valence-corrected chi connectivity index (χ2v) is 5.75. The average Bonchev–Trinajstić information content (AvgIpc) is 2.67. The summed E-state index contributed by atoms with van der Waals surface area (Å²) in [5, 5.41) is 0. The summed E-state index contributed by atoms with van der Waals surface area (Å²) in [5.74, 6) is 1.43. The standard InChI is InChI=1S/C21H21NO3/c1-2-18-13-14-22(21(23)25-19-11-7-4-8-12-19)15-20(18)24-16-17-9-5-3-6-10-17/h3-15,18H,2,16H2,1H3. The molecule has 1 atom stereocenters. The average molecular weight is 335 g/mol. The van der Waals surface area contributed by atoms with Gasteiger partial charge in [0.2, 0.25) is 0 Å². The lowest BCUT2D eigenvalue weighted by Crippen LogP contribution is -2.28. The molecule has 1 aliphatic heterocycles. The molecule has 1 unspecified atom stereocenters. The van der Waals surface area contributed by atoms with Crippen LogP contribution in [0.1, 0.15) is 18.9 Å². The fourth-order valence-electron chi connectivity index (χ4n) is 2.55. The minimum absolute atomic E-state index is 0.157. The molecule has 0 spiro atoms. The Kier molecular flexibility index (Phi) is 5.52. The van der Waals surface area contributed by atoms with Crippen molar-refractivity contribution in [3.63, 3.8) is 0 Å². The Hall–Kier alpha value is -3.01. The predicted molar refractivity (Wildman–Crippen MR) is 96.5 cm³/mol. The first-order chi connectivity index (χ1) is 12.3. The third kappa shape index (κ3) is 4.51. The monoisotopic (exact) mass is 335 g/mol. The fourth-order valence-corrected chi connectivity index (χ4v) is 2.55. The number of nitrogens with zero attached hydrogens (tertiary/aromatic N) is 1. The van der Waals surface area contributed by atoms with E-state index in [4.69, 9.17) is 9.47 Å². The molecule has 25 heavy (non-hydrogen) atoms. The number of benzene rings is 2. The molecule has 0 N–H and O–H groups in total. The molecule has 2 aromatic rings. The molecule has 4 nitrogen and oxygen atoms in total. The van der Waals surface area contributed by atoms with Crippen LogP contribution in [-0.2, 0) is 11.3 Å². The van der Waals surface area contributed by atoms with E-state index in [2.05, 4.69) is 6.92 Å². The van der Waals surface area contributed by atoms with E-state index in [9.17, 15) is 4.79 Å². The zero-order valence-electron chi connectivity index (χ0n) is 14.2. The first-order valence-electron chi connectivity index (χ1n) is 8.38. The Morgan fingerprint density at radius 1 is 1.04 bits per heavy atom. The van der Waals surface area contributed by atoms with Crippen molar-refractivity contribution in [2.75, 3.05) is 0 Å². The molecular weight excluding hydrogens is 314 g/mol. The van der Waals surface area contributed by atoms with Crippen LogP contribution >= 0.6 is 0 Å². The van der Waals surface area contributed by atoms with E-state index in [0.29, 0.717) is 12.4 Å². The van der Waals surface area contributed by atoms with Gasteiger partial charge in [0.05, 0.1) is 6.20 Å². The number of amides is 1. The first kappa shape index (κ1) is 16.8. The summed E-state index contributed by atoms with van der Waals surface area (Å²) in [6.07, 6.45) is 5.85. The second kappa shape index (κ2) is 8.20. The van der Waals surface area contributed by atoms with Gasteiger partial charge in [-0.25, -0.2) is 4.79 Å². The summed E-state index contributed by atoms with van der Waals surface area (Å²) in [5.41, 5.74) is 1.09. The normalized spacial score (nSPS) is 16.3. The molecule has 128 valence electrons. The van der Waals surface area contributed by atoms with Gasteiger partial charge in [-0.15, -0.1) is 0 Å². The molecule has 0 aromatic heterocycles. The lowest BCUT2D eigenvalue weighted by atomic mass is 10.0. The number of allylic oxidation sites excluding steroid dienone is 1. The van der Waals surface area contributed by atoms with E-state index in [1.807, 2.05) is 54.6 Å². The van der Waals surface area contributed by atoms with E-state index in [0.717, 1.165) is 17.7 Å². The molecule has 0 radical (unpaired) electrons. The summed E-state index contributed by atoms with van der Waals surface area (Å²) < 4.78 is 11.3. The highest BCUT2D eigenvalue weighted by Crippen LogP contribution is 2.25. The van der Waals surface area contributed by atoms with E-state index >= 15 is 0 Å². The van der Waals surface area contributed by atoms with Gasteiger partial charge in [0.25, 0.3) is 0 Å². The van der Waals surface area contributed by atoms with Crippen molar-refractivity contribution in [1.82, 2.24) is 4.90 Å². The van der Waals surface area contributed by atoms with Crippen LogP contribution in [0.15, 0.2) is 84.9 Å². The Labute approximate surface area is 148 Å². The quantitative estimate of drug-likeness (QED) is 0.763. The van der Waals surface area contributed by atoms with Crippen molar-refractivity contribution in [3.05, 3.63) is 90.5 Å². The molecule has 1 heterocycles. The molecule has 0 bridgehead atoms. The third-order valence-electron chi connectivity index (χ3n) is 3.96. The molecular formula is C21H21NO3. The molecule has 0 saturated carbocycles. The number of ether oxygens (including phenoxy) is 2. The minimum Gasteiger partial charge on any atom is -0.491 e. The second-order valence-electron chi connectivity index (χ2n) is 5.75. The van der Waals surface area contributed by atoms with Crippen LogP contribution in [0, 0.1) is 5.92 Å². The van der Waals surface area contributed by atoms with Gasteiger partial charge in [-0.1, -0.05) is 61.5 Å². The lowest BCUT2D eigenvalue weighted by molar-refractivity contribution is 0.153. The van der Waals surface area contributed by atoms with E-state index in [-0.39, 0.29) is 5.92 Å². The van der Waals surface area contributed by atoms with E-state index in [1.165, 1.54) is 4.90 Å². The topological polar surface area (TPSA) is 38.8 Å². The number of carbonyl (C=O) groups excluding carboxylic acids is 1. The summed E-state index contributed by atoms with van der Waals surface area (Å²) in [7, 11) is 0. The molecule has 0 aliphatic carbocycles. The highest BCUT2D eigenvalue weighted by molar-refractivity contribution is 5.73. The largest absolute Gasteiger partial charge is 0.491 e. The SMILES string of the molecule is CCC1C=CN(C(=O)Oc2ccccc2)C=C1OCc1ccccc1. The molecule has 3 rings (SSSR count). The van der Waals surface area contributed by atoms with Crippen molar-refractivity contribution in [3.8, 4) is 5.75 Å². The Bertz CT molecular complexity index is 753. The van der Waals surface area contributed by atoms with Crippen molar-refractivity contribution in [2.24, 2.45) is 5.92 Å². The third-order valence-corrected chi connectivity index (χ3v) is 3.96. The van der Waals surface area contributed by atoms with E-state index < -0.39 is 6.09 Å². The molecule has 0 fully saturated rings. The molecule has 2 aromatic carbocycles. The van der Waals surface area contributed by atoms with Gasteiger partial charge in [-0.05, 0) is 24.1 Å². The maximum absolute atomic E-state index is 12.3. The zero-order chi connectivity index (χ0) is 17.5. The smallest absolute Gasteiger partial charge is 0.423 e. The van der Waals surface area contributed by atoms with Crippen LogP contribution in [0.3, 0.4) is 0 Å². The Morgan fingerprint density at radius 2 is 1.72 bits per heavy atom. The number of carbonyl (C=O) groups is 1. The van der Waals surface area contributed by atoms with Crippen LogP contribution < -0.4 is 4.74 Å². The van der Waals surface area contributed by atoms with Crippen molar-refractivity contribution in [2.45, 2.75) is 20.0 Å². The van der Waals surface area contributed by atoms with Gasteiger partial charge in [0.1, 0.15) is 18.1 Å². The van der Waals surface area contributed by atoms with Crippen molar-refractivity contribution < 1.29 is 14.3 Å². The van der Waals surface area contributed by atoms with Gasteiger partial charge >= 0.3 is 6.09 Å². The fraction of sp³-hybridized carbons (Fsp3) is 0.190. The van der Waals surface area contributed by atoms with E-state index in [1.54, 1.807) is 24.5 Å². The highest BCUT2D eigenvalue weighted by Gasteiger charge is 2.21. The van der Waals surface area contributed by atoms with Gasteiger partial charge in [-0.2, -0.15) is 0 Å². The van der Waals surface area contributed by atoms with Gasteiger partial charge < -0.3 is 9.47 Å². The number of hydrogen-bond donors (Lipinski definition) is 0. The summed E-state index contributed by atoms with van der Waals surface area (Å²) in [6, 6.07) is 19.0. The van der Waals surface area contributed by atoms with Crippen LogP contribution in [0.4, 0.5) is 4.79 Å². The van der Waals surface area contributed by atoms with Gasteiger partial charge in [-0.3, -0.25) is 4.90 Å². The summed E-state index contributed by atoms with van der Waals surface area (Å²) in [6.45, 7) is 2.56. The Morgan fingerprint density at radius 3 is 2.40 bits per heavy atom. The lowest BCUT2D eigenvalue weighted by Gasteiger charge is -2.25. The Balaban J connectivity index is 1.68. The van der Waals surface area contributed by atoms with Crippen LogP contribution in [-0.4, -0.2) is 11.0 Å². The van der Waals surface area contributed by atoms with Crippen molar-refractivity contribution in [1.29, 1.82) is 0 Å². The van der Waals surface area contributed by atoms with Gasteiger partial charge in [0, 0.05) is 12.1 Å². The minimum atomic E-state index is -0.460. The summed E-state index contributed by atoms with van der Waals surface area (Å²) in [4.78, 5) is 13.8.